The third-order valence-electron chi connectivity index (χ3n) is 2.52. The van der Waals surface area contributed by atoms with E-state index in [1.54, 1.807) is 7.11 Å². The van der Waals surface area contributed by atoms with Gasteiger partial charge in [-0.15, -0.1) is 0 Å². The highest BCUT2D eigenvalue weighted by molar-refractivity contribution is 5.60. The van der Waals surface area contributed by atoms with Crippen LogP contribution in [0, 0.1) is 0 Å². The molecule has 2 heteroatoms. The highest BCUT2D eigenvalue weighted by Crippen LogP contribution is 2.24. The zero-order valence-electron chi connectivity index (χ0n) is 10.1. The molecule has 17 heavy (non-hydrogen) atoms. The molecule has 1 aromatic carbocycles. The fourth-order valence-electron chi connectivity index (χ4n) is 1.59. The molecule has 0 aliphatic heterocycles. The Morgan fingerprint density at radius 1 is 1.12 bits per heavy atom. The first-order valence-corrected chi connectivity index (χ1v) is 5.74. The Morgan fingerprint density at radius 2 is 1.88 bits per heavy atom. The maximum Gasteiger partial charge on any atom is 0.134 e. The Hall–Kier alpha value is -1.96. The van der Waals surface area contributed by atoms with Gasteiger partial charge in [0.2, 0.25) is 0 Å². The van der Waals surface area contributed by atoms with Crippen molar-refractivity contribution in [2.75, 3.05) is 7.11 Å². The summed E-state index contributed by atoms with van der Waals surface area (Å²) in [4.78, 5) is 0. The normalized spacial score (nSPS) is 10.9. The second-order valence-corrected chi connectivity index (χ2v) is 3.74. The van der Waals surface area contributed by atoms with Crippen LogP contribution in [0.15, 0.2) is 46.9 Å². The van der Waals surface area contributed by atoms with E-state index in [0.29, 0.717) is 0 Å². The number of allylic oxidation sites excluding steroid dienone is 1. The van der Waals surface area contributed by atoms with Crippen LogP contribution in [0.2, 0.25) is 0 Å². The van der Waals surface area contributed by atoms with E-state index in [0.717, 1.165) is 29.3 Å². The maximum atomic E-state index is 5.72. The molecule has 0 radical (unpaired) electrons. The summed E-state index contributed by atoms with van der Waals surface area (Å²) < 4.78 is 10.8. The Labute approximate surface area is 102 Å². The van der Waals surface area contributed by atoms with E-state index >= 15 is 0 Å². The van der Waals surface area contributed by atoms with Crippen LogP contribution in [-0.4, -0.2) is 7.11 Å². The molecule has 0 amide bonds. The molecule has 0 saturated heterocycles. The number of rotatable bonds is 4. The molecular weight excluding hydrogens is 212 g/mol. The topological polar surface area (TPSA) is 22.4 Å². The van der Waals surface area contributed by atoms with Crippen LogP contribution >= 0.6 is 0 Å². The minimum atomic E-state index is 0.853. The zero-order chi connectivity index (χ0) is 12.1. The number of benzene rings is 1. The second kappa shape index (κ2) is 5.39. The molecule has 0 fully saturated rings. The van der Waals surface area contributed by atoms with Crippen molar-refractivity contribution in [2.24, 2.45) is 0 Å². The molecule has 0 saturated carbocycles. The van der Waals surface area contributed by atoms with E-state index in [1.165, 1.54) is 0 Å². The summed E-state index contributed by atoms with van der Waals surface area (Å²) in [5.41, 5.74) is 1.06. The molecule has 0 aliphatic rings. The fourth-order valence-corrected chi connectivity index (χ4v) is 1.59. The molecule has 2 nitrogen and oxygen atoms in total. The largest absolute Gasteiger partial charge is 0.497 e. The van der Waals surface area contributed by atoms with Crippen LogP contribution in [0.5, 0.6) is 5.75 Å². The molecule has 2 aromatic rings. The van der Waals surface area contributed by atoms with Crippen molar-refractivity contribution in [3.8, 4) is 17.1 Å². The van der Waals surface area contributed by atoms with Gasteiger partial charge in [0.1, 0.15) is 17.3 Å². The molecule has 0 spiro atoms. The van der Waals surface area contributed by atoms with Gasteiger partial charge in [-0.05, 0) is 48.9 Å². The first-order chi connectivity index (χ1) is 8.33. The Balaban J connectivity index is 2.21. The number of methoxy groups -OCH3 is 1. The smallest absolute Gasteiger partial charge is 0.134 e. The molecule has 0 unspecified atom stereocenters. The van der Waals surface area contributed by atoms with Crippen LogP contribution in [0.4, 0.5) is 0 Å². The van der Waals surface area contributed by atoms with Crippen molar-refractivity contribution >= 4 is 6.08 Å². The van der Waals surface area contributed by atoms with Gasteiger partial charge in [0, 0.05) is 5.56 Å². The van der Waals surface area contributed by atoms with Crippen molar-refractivity contribution in [3.05, 3.63) is 48.2 Å². The summed E-state index contributed by atoms with van der Waals surface area (Å²) >= 11 is 0. The van der Waals surface area contributed by atoms with Gasteiger partial charge in [-0.1, -0.05) is 13.0 Å². The molecule has 0 bridgehead atoms. The van der Waals surface area contributed by atoms with Crippen molar-refractivity contribution in [1.82, 2.24) is 0 Å². The molecule has 0 aliphatic carbocycles. The first-order valence-electron chi connectivity index (χ1n) is 5.74. The number of furan rings is 1. The Bertz CT molecular complexity index is 492. The van der Waals surface area contributed by atoms with E-state index in [9.17, 15) is 0 Å². The van der Waals surface area contributed by atoms with Gasteiger partial charge in [-0.25, -0.2) is 0 Å². The summed E-state index contributed by atoms with van der Waals surface area (Å²) in [5.74, 6) is 2.62. The lowest BCUT2D eigenvalue weighted by atomic mass is 10.2. The molecule has 1 heterocycles. The number of hydrogen-bond donors (Lipinski definition) is 0. The van der Waals surface area contributed by atoms with E-state index in [2.05, 4.69) is 13.0 Å². The van der Waals surface area contributed by atoms with Crippen molar-refractivity contribution in [3.63, 3.8) is 0 Å². The van der Waals surface area contributed by atoms with Gasteiger partial charge < -0.3 is 9.15 Å². The van der Waals surface area contributed by atoms with Gasteiger partial charge in [0.25, 0.3) is 0 Å². The van der Waals surface area contributed by atoms with Crippen LogP contribution in [0.1, 0.15) is 19.1 Å². The van der Waals surface area contributed by atoms with Crippen molar-refractivity contribution in [2.45, 2.75) is 13.3 Å². The van der Waals surface area contributed by atoms with E-state index in [-0.39, 0.29) is 0 Å². The summed E-state index contributed by atoms with van der Waals surface area (Å²) in [7, 11) is 1.66. The lowest BCUT2D eigenvalue weighted by Gasteiger charge is -2.00. The van der Waals surface area contributed by atoms with Crippen molar-refractivity contribution < 1.29 is 9.15 Å². The fraction of sp³-hybridized carbons (Fsp3) is 0.200. The minimum absolute atomic E-state index is 0.853. The first kappa shape index (κ1) is 11.5. The Kier molecular flexibility index (Phi) is 3.66. The summed E-state index contributed by atoms with van der Waals surface area (Å²) in [6, 6.07) is 11.8. The minimum Gasteiger partial charge on any atom is -0.497 e. The molecule has 1 aromatic heterocycles. The highest BCUT2D eigenvalue weighted by atomic mass is 16.5. The molecular formula is C15H16O2. The Morgan fingerprint density at radius 3 is 2.53 bits per heavy atom. The standard InChI is InChI=1S/C15H16O2/c1-3-4-5-14-10-11-15(17-14)12-6-8-13(16-2)9-7-12/h4-11H,3H2,1-2H3/b5-4+. The number of hydrogen-bond acceptors (Lipinski definition) is 2. The lowest BCUT2D eigenvalue weighted by Crippen LogP contribution is -1.81. The quantitative estimate of drug-likeness (QED) is 0.774. The molecule has 88 valence electrons. The SMILES string of the molecule is CC/C=C/c1ccc(-c2ccc(OC)cc2)o1. The van der Waals surface area contributed by atoms with Gasteiger partial charge in [-0.3, -0.25) is 0 Å². The molecule has 0 atom stereocenters. The van der Waals surface area contributed by atoms with Crippen molar-refractivity contribution in [1.29, 1.82) is 0 Å². The van der Waals surface area contributed by atoms with Crippen LogP contribution in [0.3, 0.4) is 0 Å². The zero-order valence-corrected chi connectivity index (χ0v) is 10.1. The highest BCUT2D eigenvalue weighted by Gasteiger charge is 2.02. The maximum absolute atomic E-state index is 5.72. The van der Waals surface area contributed by atoms with Gasteiger partial charge in [-0.2, -0.15) is 0 Å². The summed E-state index contributed by atoms with van der Waals surface area (Å²) in [6.07, 6.45) is 5.09. The van der Waals surface area contributed by atoms with E-state index in [4.69, 9.17) is 9.15 Å². The van der Waals surface area contributed by atoms with Gasteiger partial charge in [0.05, 0.1) is 7.11 Å². The van der Waals surface area contributed by atoms with E-state index in [1.807, 2.05) is 42.5 Å². The van der Waals surface area contributed by atoms with Crippen LogP contribution in [-0.2, 0) is 0 Å². The molecule has 2 rings (SSSR count). The van der Waals surface area contributed by atoms with Crippen LogP contribution in [0.25, 0.3) is 17.4 Å². The third-order valence-corrected chi connectivity index (χ3v) is 2.52. The average molecular weight is 228 g/mol. The van der Waals surface area contributed by atoms with Gasteiger partial charge in [0.15, 0.2) is 0 Å². The summed E-state index contributed by atoms with van der Waals surface area (Å²) in [5, 5.41) is 0. The number of ether oxygens (including phenoxy) is 1. The average Bonchev–Trinajstić information content (AvgIpc) is 2.85. The lowest BCUT2D eigenvalue weighted by molar-refractivity contribution is 0.415. The third kappa shape index (κ3) is 2.78. The molecule has 0 N–H and O–H groups in total. The van der Waals surface area contributed by atoms with Crippen LogP contribution < -0.4 is 4.74 Å². The predicted octanol–water partition coefficient (Wildman–Crippen LogP) is 4.38. The second-order valence-electron chi connectivity index (χ2n) is 3.74. The van der Waals surface area contributed by atoms with E-state index < -0.39 is 0 Å². The monoisotopic (exact) mass is 228 g/mol. The van der Waals surface area contributed by atoms with Gasteiger partial charge >= 0.3 is 0 Å². The predicted molar refractivity (Wildman–Crippen MR) is 70.0 cm³/mol. The summed E-state index contributed by atoms with van der Waals surface area (Å²) in [6.45, 7) is 2.10.